The fraction of sp³-hybridized carbons (Fsp3) is 0.444. The van der Waals surface area contributed by atoms with Gasteiger partial charge >= 0.3 is 0 Å². The van der Waals surface area contributed by atoms with Crippen LogP contribution < -0.4 is 5.32 Å². The fourth-order valence-corrected chi connectivity index (χ4v) is 3.79. The van der Waals surface area contributed by atoms with E-state index in [-0.39, 0.29) is 24.1 Å². The first-order chi connectivity index (χ1) is 11.7. The minimum absolute atomic E-state index is 0. The topological polar surface area (TPSA) is 50.2 Å². The van der Waals surface area contributed by atoms with Crippen molar-refractivity contribution in [1.82, 2.24) is 20.0 Å². The van der Waals surface area contributed by atoms with Crippen molar-refractivity contribution in [3.05, 3.63) is 48.0 Å². The SMILES string of the molecule is Cl.O=C(c1ccn(-c2ccccc2F)n1)N1CC[C@@H]2CNC[C@@H]2CC1. The number of amides is 1. The maximum absolute atomic E-state index is 13.9. The molecule has 1 N–H and O–H groups in total. The van der Waals surface area contributed by atoms with E-state index in [4.69, 9.17) is 0 Å². The Bertz CT molecular complexity index is 736. The predicted octanol–water partition coefficient (Wildman–Crippen LogP) is 2.50. The summed E-state index contributed by atoms with van der Waals surface area (Å²) >= 11 is 0. The number of carbonyl (C=O) groups is 1. The van der Waals surface area contributed by atoms with E-state index in [1.165, 1.54) is 10.7 Å². The molecular weight excluding hydrogens is 343 g/mol. The molecule has 4 rings (SSSR count). The number of rotatable bonds is 2. The number of hydrogen-bond acceptors (Lipinski definition) is 3. The van der Waals surface area contributed by atoms with Gasteiger partial charge in [-0.2, -0.15) is 5.10 Å². The molecule has 2 aliphatic rings. The van der Waals surface area contributed by atoms with Crippen molar-refractivity contribution >= 4 is 18.3 Å². The molecule has 7 heteroatoms. The quantitative estimate of drug-likeness (QED) is 0.890. The molecule has 2 fully saturated rings. The lowest BCUT2D eigenvalue weighted by Gasteiger charge is -2.19. The van der Waals surface area contributed by atoms with E-state index in [9.17, 15) is 9.18 Å². The number of benzene rings is 1. The molecule has 0 radical (unpaired) electrons. The van der Waals surface area contributed by atoms with Crippen molar-refractivity contribution < 1.29 is 9.18 Å². The third-order valence-corrected chi connectivity index (χ3v) is 5.21. The zero-order valence-corrected chi connectivity index (χ0v) is 14.7. The van der Waals surface area contributed by atoms with E-state index in [0.717, 1.165) is 39.0 Å². The van der Waals surface area contributed by atoms with E-state index in [1.807, 2.05) is 4.90 Å². The number of fused-ring (bicyclic) bond motifs is 1. The van der Waals surface area contributed by atoms with Crippen LogP contribution in [0.1, 0.15) is 23.3 Å². The monoisotopic (exact) mass is 364 g/mol. The summed E-state index contributed by atoms with van der Waals surface area (Å²) in [5.74, 6) is 0.949. The minimum Gasteiger partial charge on any atom is -0.337 e. The molecule has 0 bridgehead atoms. The van der Waals surface area contributed by atoms with Gasteiger partial charge in [-0.3, -0.25) is 4.79 Å². The Morgan fingerprint density at radius 3 is 2.48 bits per heavy atom. The van der Waals surface area contributed by atoms with Crippen LogP contribution in [-0.4, -0.2) is 46.8 Å². The van der Waals surface area contributed by atoms with Crippen LogP contribution in [0.3, 0.4) is 0 Å². The van der Waals surface area contributed by atoms with Gasteiger partial charge in [0.2, 0.25) is 0 Å². The molecule has 0 saturated carbocycles. The van der Waals surface area contributed by atoms with Gasteiger partial charge in [-0.1, -0.05) is 12.1 Å². The van der Waals surface area contributed by atoms with Gasteiger partial charge in [0.15, 0.2) is 5.69 Å². The van der Waals surface area contributed by atoms with Gasteiger partial charge in [-0.05, 0) is 56.0 Å². The summed E-state index contributed by atoms with van der Waals surface area (Å²) in [6.45, 7) is 3.67. The zero-order valence-electron chi connectivity index (χ0n) is 13.9. The zero-order chi connectivity index (χ0) is 16.5. The summed E-state index contributed by atoms with van der Waals surface area (Å²) in [4.78, 5) is 14.6. The van der Waals surface area contributed by atoms with Gasteiger partial charge in [-0.25, -0.2) is 9.07 Å². The van der Waals surface area contributed by atoms with Crippen LogP contribution in [0.4, 0.5) is 4.39 Å². The summed E-state index contributed by atoms with van der Waals surface area (Å²) in [7, 11) is 0. The molecule has 0 unspecified atom stereocenters. The average Bonchev–Trinajstić information content (AvgIpc) is 3.21. The number of likely N-dealkylation sites (tertiary alicyclic amines) is 1. The van der Waals surface area contributed by atoms with Crippen molar-refractivity contribution in [2.45, 2.75) is 12.8 Å². The molecule has 2 aromatic rings. The molecule has 1 amide bonds. The highest BCUT2D eigenvalue weighted by Gasteiger charge is 2.32. The summed E-state index contributed by atoms with van der Waals surface area (Å²) in [6.07, 6.45) is 3.72. The average molecular weight is 365 g/mol. The highest BCUT2D eigenvalue weighted by atomic mass is 35.5. The first-order valence-corrected chi connectivity index (χ1v) is 8.53. The van der Waals surface area contributed by atoms with Crippen LogP contribution in [0.25, 0.3) is 5.69 Å². The Kier molecular flexibility index (Phi) is 5.39. The highest BCUT2D eigenvalue weighted by molar-refractivity contribution is 5.92. The Morgan fingerprint density at radius 2 is 1.80 bits per heavy atom. The van der Waals surface area contributed by atoms with E-state index in [0.29, 0.717) is 23.2 Å². The van der Waals surface area contributed by atoms with Crippen LogP contribution in [-0.2, 0) is 0 Å². The summed E-state index contributed by atoms with van der Waals surface area (Å²) in [6, 6.07) is 8.10. The van der Waals surface area contributed by atoms with E-state index in [1.54, 1.807) is 30.5 Å². The number of carbonyl (C=O) groups excluding carboxylic acids is 1. The van der Waals surface area contributed by atoms with Crippen LogP contribution in [0.2, 0.25) is 0 Å². The lowest BCUT2D eigenvalue weighted by Crippen LogP contribution is -2.33. The first-order valence-electron chi connectivity index (χ1n) is 8.53. The molecule has 2 saturated heterocycles. The molecule has 1 aromatic heterocycles. The first kappa shape index (κ1) is 17.9. The summed E-state index contributed by atoms with van der Waals surface area (Å²) in [5.41, 5.74) is 0.733. The lowest BCUT2D eigenvalue weighted by atomic mass is 9.92. The smallest absolute Gasteiger partial charge is 0.274 e. The standard InChI is InChI=1S/C18H21FN4O.ClH/c19-15-3-1-2-4-17(15)23-10-7-16(21-23)18(24)22-8-5-13-11-20-12-14(13)6-9-22;/h1-4,7,10,13-14,20H,5-6,8-9,11-12H2;1H/t13-,14+;. The Morgan fingerprint density at radius 1 is 1.12 bits per heavy atom. The number of halogens is 2. The number of para-hydroxylation sites is 1. The molecule has 0 aliphatic carbocycles. The van der Waals surface area contributed by atoms with Crippen LogP contribution >= 0.6 is 12.4 Å². The van der Waals surface area contributed by atoms with Gasteiger partial charge in [-0.15, -0.1) is 12.4 Å². The molecule has 25 heavy (non-hydrogen) atoms. The van der Waals surface area contributed by atoms with E-state index >= 15 is 0 Å². The molecule has 1 aromatic carbocycles. The summed E-state index contributed by atoms with van der Waals surface area (Å²) in [5, 5.41) is 7.73. The predicted molar refractivity (Wildman–Crippen MR) is 95.8 cm³/mol. The van der Waals surface area contributed by atoms with Crippen molar-refractivity contribution in [3.63, 3.8) is 0 Å². The Balaban J connectivity index is 0.00000182. The minimum atomic E-state index is -0.352. The maximum Gasteiger partial charge on any atom is 0.274 e. The van der Waals surface area contributed by atoms with Gasteiger partial charge in [0.1, 0.15) is 11.5 Å². The molecular formula is C18H22ClFN4O. The second kappa shape index (κ2) is 7.54. The van der Waals surface area contributed by atoms with Crippen LogP contribution in [0, 0.1) is 17.7 Å². The molecule has 2 atom stereocenters. The second-order valence-corrected chi connectivity index (χ2v) is 6.64. The molecule has 2 aliphatic heterocycles. The third kappa shape index (κ3) is 3.55. The Labute approximate surface area is 152 Å². The van der Waals surface area contributed by atoms with E-state index < -0.39 is 0 Å². The summed E-state index contributed by atoms with van der Waals surface area (Å²) < 4.78 is 15.3. The van der Waals surface area contributed by atoms with Crippen molar-refractivity contribution in [2.24, 2.45) is 11.8 Å². The number of nitrogens with one attached hydrogen (secondary N) is 1. The van der Waals surface area contributed by atoms with Gasteiger partial charge in [0.05, 0.1) is 0 Å². The van der Waals surface area contributed by atoms with Gasteiger partial charge in [0, 0.05) is 19.3 Å². The number of aromatic nitrogens is 2. The van der Waals surface area contributed by atoms with Crippen molar-refractivity contribution in [2.75, 3.05) is 26.2 Å². The van der Waals surface area contributed by atoms with Gasteiger partial charge in [0.25, 0.3) is 5.91 Å². The number of hydrogen-bond donors (Lipinski definition) is 1. The molecule has 3 heterocycles. The number of nitrogens with zero attached hydrogens (tertiary/aromatic N) is 3. The van der Waals surface area contributed by atoms with Crippen molar-refractivity contribution in [1.29, 1.82) is 0 Å². The molecule has 134 valence electrons. The van der Waals surface area contributed by atoms with E-state index in [2.05, 4.69) is 10.4 Å². The lowest BCUT2D eigenvalue weighted by molar-refractivity contribution is 0.0752. The largest absolute Gasteiger partial charge is 0.337 e. The second-order valence-electron chi connectivity index (χ2n) is 6.64. The highest BCUT2D eigenvalue weighted by Crippen LogP contribution is 2.27. The molecule has 5 nitrogen and oxygen atoms in total. The normalized spacial score (nSPS) is 22.8. The fourth-order valence-electron chi connectivity index (χ4n) is 3.79. The molecule has 0 spiro atoms. The van der Waals surface area contributed by atoms with Crippen molar-refractivity contribution in [3.8, 4) is 5.69 Å². The van der Waals surface area contributed by atoms with Gasteiger partial charge < -0.3 is 10.2 Å². The Hall–Kier alpha value is -1.92. The van der Waals surface area contributed by atoms with Crippen LogP contribution in [0.15, 0.2) is 36.5 Å². The third-order valence-electron chi connectivity index (χ3n) is 5.21. The maximum atomic E-state index is 13.9. The van der Waals surface area contributed by atoms with Crippen LogP contribution in [0.5, 0.6) is 0 Å².